The van der Waals surface area contributed by atoms with E-state index in [0.717, 1.165) is 12.8 Å². The van der Waals surface area contributed by atoms with E-state index in [-0.39, 0.29) is 0 Å². The minimum atomic E-state index is -0.768. The molecule has 86 valence electrons. The van der Waals surface area contributed by atoms with Gasteiger partial charge in [-0.3, -0.25) is 0 Å². The van der Waals surface area contributed by atoms with Gasteiger partial charge < -0.3 is 9.47 Å². The molecule has 2 nitrogen and oxygen atoms in total. The molecule has 0 aliphatic rings. The maximum Gasteiger partial charge on any atom is 0.234 e. The van der Waals surface area contributed by atoms with Crippen LogP contribution < -0.4 is 9.47 Å². The number of halogens is 1. The van der Waals surface area contributed by atoms with Crippen LogP contribution in [0.2, 0.25) is 0 Å². The molecule has 0 amide bonds. The normalized spacial score (nSPS) is 11.6. The molecular formula is C13H15ClO2. The van der Waals surface area contributed by atoms with Crippen molar-refractivity contribution in [2.75, 3.05) is 6.61 Å². The fourth-order valence-electron chi connectivity index (χ4n) is 1.14. The van der Waals surface area contributed by atoms with Crippen LogP contribution in [-0.4, -0.2) is 12.2 Å². The maximum absolute atomic E-state index is 5.72. The topological polar surface area (TPSA) is 18.5 Å². The first-order chi connectivity index (χ1) is 7.77. The molecule has 1 unspecified atom stereocenters. The molecule has 0 N–H and O–H groups in total. The zero-order chi connectivity index (χ0) is 11.8. The summed E-state index contributed by atoms with van der Waals surface area (Å²) in [5.41, 5.74) is -0.768. The lowest BCUT2D eigenvalue weighted by Crippen LogP contribution is -2.07. The minimum Gasteiger partial charge on any atom is -0.490 e. The Morgan fingerprint density at radius 1 is 1.38 bits per heavy atom. The largest absolute Gasteiger partial charge is 0.490 e. The van der Waals surface area contributed by atoms with Gasteiger partial charge in [0, 0.05) is 0 Å². The number of unbranched alkanes of at least 4 members (excludes halogenated alkanes) is 1. The molecule has 1 aromatic carbocycles. The van der Waals surface area contributed by atoms with Gasteiger partial charge in [-0.2, -0.15) is 0 Å². The smallest absolute Gasteiger partial charge is 0.234 e. The molecule has 0 aliphatic heterocycles. The Morgan fingerprint density at radius 3 is 2.69 bits per heavy atom. The summed E-state index contributed by atoms with van der Waals surface area (Å²) in [6.45, 7) is 2.78. The second-order valence-electron chi connectivity index (χ2n) is 3.25. The SMILES string of the molecule is C#CC(Cl)Oc1ccccc1OCCCC. The van der Waals surface area contributed by atoms with Crippen molar-refractivity contribution >= 4 is 11.6 Å². The maximum atomic E-state index is 5.72. The Bertz CT molecular complexity index is 357. The summed E-state index contributed by atoms with van der Waals surface area (Å²) >= 11 is 5.72. The number of para-hydroxylation sites is 2. The fraction of sp³-hybridized carbons (Fsp3) is 0.385. The molecule has 0 spiro atoms. The summed E-state index contributed by atoms with van der Waals surface area (Å²) in [7, 11) is 0. The van der Waals surface area contributed by atoms with Gasteiger partial charge in [-0.1, -0.05) is 37.1 Å². The van der Waals surface area contributed by atoms with Crippen molar-refractivity contribution in [1.29, 1.82) is 0 Å². The standard InChI is InChI=1S/C13H15ClO2/c1-3-5-10-15-11-8-6-7-9-12(11)16-13(14)4-2/h2,6-9,13H,3,5,10H2,1H3. The number of hydrogen-bond acceptors (Lipinski definition) is 2. The van der Waals surface area contributed by atoms with Crippen LogP contribution in [-0.2, 0) is 0 Å². The van der Waals surface area contributed by atoms with Crippen molar-refractivity contribution in [3.05, 3.63) is 24.3 Å². The molecule has 1 aromatic rings. The van der Waals surface area contributed by atoms with Crippen molar-refractivity contribution in [1.82, 2.24) is 0 Å². The van der Waals surface area contributed by atoms with Crippen LogP contribution in [0.15, 0.2) is 24.3 Å². The highest BCUT2D eigenvalue weighted by molar-refractivity contribution is 6.21. The van der Waals surface area contributed by atoms with E-state index in [0.29, 0.717) is 18.1 Å². The fourth-order valence-corrected chi connectivity index (χ4v) is 1.23. The lowest BCUT2D eigenvalue weighted by molar-refractivity contribution is 0.270. The number of rotatable bonds is 6. The molecular weight excluding hydrogens is 224 g/mol. The van der Waals surface area contributed by atoms with Gasteiger partial charge in [0.2, 0.25) is 5.56 Å². The quantitative estimate of drug-likeness (QED) is 0.429. The summed E-state index contributed by atoms with van der Waals surface area (Å²) in [4.78, 5) is 0. The zero-order valence-electron chi connectivity index (χ0n) is 9.28. The van der Waals surface area contributed by atoms with Gasteiger partial charge >= 0.3 is 0 Å². The summed E-state index contributed by atoms with van der Waals surface area (Å²) in [5, 5.41) is 0. The zero-order valence-corrected chi connectivity index (χ0v) is 10.0. The molecule has 0 aliphatic carbocycles. The summed E-state index contributed by atoms with van der Waals surface area (Å²) in [5.74, 6) is 3.55. The van der Waals surface area contributed by atoms with Gasteiger partial charge in [0.15, 0.2) is 11.5 Å². The number of ether oxygens (including phenoxy) is 2. The number of alkyl halides is 1. The van der Waals surface area contributed by atoms with Crippen LogP contribution in [0.1, 0.15) is 19.8 Å². The van der Waals surface area contributed by atoms with Crippen LogP contribution in [0.4, 0.5) is 0 Å². The molecule has 1 atom stereocenters. The van der Waals surface area contributed by atoms with Crippen LogP contribution >= 0.6 is 11.6 Å². The van der Waals surface area contributed by atoms with E-state index in [2.05, 4.69) is 12.8 Å². The Balaban J connectivity index is 2.64. The van der Waals surface area contributed by atoms with Crippen molar-refractivity contribution in [2.45, 2.75) is 25.3 Å². The highest BCUT2D eigenvalue weighted by Crippen LogP contribution is 2.28. The monoisotopic (exact) mass is 238 g/mol. The van der Waals surface area contributed by atoms with Crippen molar-refractivity contribution in [3.8, 4) is 23.8 Å². The third-order valence-corrected chi connectivity index (χ3v) is 2.18. The molecule has 16 heavy (non-hydrogen) atoms. The summed E-state index contributed by atoms with van der Waals surface area (Å²) in [6, 6.07) is 7.36. The first-order valence-electron chi connectivity index (χ1n) is 5.26. The van der Waals surface area contributed by atoms with Crippen molar-refractivity contribution in [3.63, 3.8) is 0 Å². The molecule has 0 radical (unpaired) electrons. The van der Waals surface area contributed by atoms with E-state index >= 15 is 0 Å². The predicted molar refractivity (Wildman–Crippen MR) is 65.9 cm³/mol. The molecule has 3 heteroatoms. The highest BCUT2D eigenvalue weighted by atomic mass is 35.5. The van der Waals surface area contributed by atoms with Gasteiger partial charge in [0.05, 0.1) is 6.61 Å². The molecule has 0 aromatic heterocycles. The lowest BCUT2D eigenvalue weighted by Gasteiger charge is -2.12. The van der Waals surface area contributed by atoms with E-state index in [4.69, 9.17) is 27.5 Å². The third kappa shape index (κ3) is 4.04. The summed E-state index contributed by atoms with van der Waals surface area (Å²) in [6.07, 6.45) is 7.24. The average molecular weight is 239 g/mol. The van der Waals surface area contributed by atoms with Gasteiger partial charge in [0.25, 0.3) is 0 Å². The Morgan fingerprint density at radius 2 is 2.06 bits per heavy atom. The minimum absolute atomic E-state index is 0.580. The number of hydrogen-bond donors (Lipinski definition) is 0. The molecule has 0 saturated heterocycles. The van der Waals surface area contributed by atoms with Crippen molar-refractivity contribution in [2.24, 2.45) is 0 Å². The Hall–Kier alpha value is -1.33. The van der Waals surface area contributed by atoms with Gasteiger partial charge in [-0.05, 0) is 24.5 Å². The Labute approximate surface area is 102 Å². The molecule has 0 fully saturated rings. The van der Waals surface area contributed by atoms with Crippen molar-refractivity contribution < 1.29 is 9.47 Å². The van der Waals surface area contributed by atoms with E-state index in [9.17, 15) is 0 Å². The van der Waals surface area contributed by atoms with Gasteiger partial charge in [-0.15, -0.1) is 6.42 Å². The van der Waals surface area contributed by atoms with Crippen LogP contribution in [0, 0.1) is 12.3 Å². The average Bonchev–Trinajstić information content (AvgIpc) is 2.31. The molecule has 1 rings (SSSR count). The lowest BCUT2D eigenvalue weighted by atomic mass is 10.3. The first kappa shape index (κ1) is 12.7. The third-order valence-electron chi connectivity index (χ3n) is 1.97. The second kappa shape index (κ2) is 7.03. The highest BCUT2D eigenvalue weighted by Gasteiger charge is 2.07. The number of terminal acetylenes is 1. The van der Waals surface area contributed by atoms with Crippen LogP contribution in [0.5, 0.6) is 11.5 Å². The van der Waals surface area contributed by atoms with Crippen LogP contribution in [0.3, 0.4) is 0 Å². The van der Waals surface area contributed by atoms with Gasteiger partial charge in [-0.25, -0.2) is 0 Å². The van der Waals surface area contributed by atoms with Gasteiger partial charge in [0.1, 0.15) is 0 Å². The number of benzene rings is 1. The first-order valence-corrected chi connectivity index (χ1v) is 5.70. The molecule has 0 heterocycles. The Kier molecular flexibility index (Phi) is 5.60. The molecule has 0 bridgehead atoms. The van der Waals surface area contributed by atoms with E-state index < -0.39 is 5.56 Å². The second-order valence-corrected chi connectivity index (χ2v) is 3.65. The van der Waals surface area contributed by atoms with E-state index in [1.807, 2.05) is 18.2 Å². The van der Waals surface area contributed by atoms with Crippen LogP contribution in [0.25, 0.3) is 0 Å². The van der Waals surface area contributed by atoms with E-state index in [1.54, 1.807) is 6.07 Å². The van der Waals surface area contributed by atoms with E-state index in [1.165, 1.54) is 0 Å². The predicted octanol–water partition coefficient (Wildman–Crippen LogP) is 3.44. The molecule has 0 saturated carbocycles. The summed E-state index contributed by atoms with van der Waals surface area (Å²) < 4.78 is 10.9.